The van der Waals surface area contributed by atoms with Gasteiger partial charge in [0, 0.05) is 36.3 Å². The number of nitrogens with one attached hydrogen (secondary N) is 2. The van der Waals surface area contributed by atoms with Crippen molar-refractivity contribution in [1.82, 2.24) is 15.0 Å². The molecule has 1 aliphatic rings. The van der Waals surface area contributed by atoms with E-state index in [4.69, 9.17) is 0 Å². The molecule has 1 aromatic carbocycles. The first-order chi connectivity index (χ1) is 14.9. The molecule has 164 valence electrons. The van der Waals surface area contributed by atoms with E-state index >= 15 is 0 Å². The van der Waals surface area contributed by atoms with E-state index in [-0.39, 0.29) is 34.9 Å². The monoisotopic (exact) mass is 449 g/mol. The Bertz CT molecular complexity index is 1050. The highest BCUT2D eigenvalue weighted by atomic mass is 32.2. The number of thioether (sulfide) groups is 1. The number of hydrogen-bond acceptors (Lipinski definition) is 6. The summed E-state index contributed by atoms with van der Waals surface area (Å²) in [6.45, 7) is 1.71. The Morgan fingerprint density at radius 1 is 1.29 bits per heavy atom. The average Bonchev–Trinajstić information content (AvgIpc) is 3.20. The third-order valence-electron chi connectivity index (χ3n) is 5.23. The number of fused-ring (bicyclic) bond motifs is 1. The fourth-order valence-electron chi connectivity index (χ4n) is 3.93. The van der Waals surface area contributed by atoms with Crippen molar-refractivity contribution in [3.63, 3.8) is 0 Å². The standard InChI is InChI=1S/C21H22F3N5OS/c22-21(23,24)31-17-5-1-4-15(10-17)26-11-16(30)9-14-3-2-8-29(12-14)20-18-6-7-25-19(18)27-13-28-20/h1,4-7,10,13-14,26H,2-3,8-9,11-12H2,(H,25,27,28). The van der Waals surface area contributed by atoms with Crippen LogP contribution in [0.25, 0.3) is 11.0 Å². The predicted molar refractivity (Wildman–Crippen MR) is 115 cm³/mol. The second-order valence-corrected chi connectivity index (χ2v) is 8.70. The van der Waals surface area contributed by atoms with Crippen LogP contribution in [0.3, 0.4) is 0 Å². The molecule has 0 amide bonds. The number of H-pyrrole nitrogens is 1. The van der Waals surface area contributed by atoms with E-state index in [2.05, 4.69) is 25.2 Å². The summed E-state index contributed by atoms with van der Waals surface area (Å²) in [5, 5.41) is 3.92. The molecule has 3 aromatic rings. The number of benzene rings is 1. The molecule has 0 spiro atoms. The molecule has 0 aliphatic carbocycles. The highest BCUT2D eigenvalue weighted by Gasteiger charge is 2.29. The van der Waals surface area contributed by atoms with Crippen molar-refractivity contribution >= 4 is 40.1 Å². The van der Waals surface area contributed by atoms with Crippen LogP contribution in [0, 0.1) is 5.92 Å². The van der Waals surface area contributed by atoms with Crippen LogP contribution in [0.4, 0.5) is 24.7 Å². The number of nitrogens with zero attached hydrogens (tertiary/aromatic N) is 3. The lowest BCUT2D eigenvalue weighted by molar-refractivity contribution is -0.118. The smallest absolute Gasteiger partial charge is 0.378 e. The van der Waals surface area contributed by atoms with E-state index in [0.717, 1.165) is 42.8 Å². The number of aromatic nitrogens is 3. The molecule has 1 fully saturated rings. The number of Topliss-reactive ketones (excluding diaryl/α,β-unsaturated/α-hetero) is 1. The molecule has 1 atom stereocenters. The van der Waals surface area contributed by atoms with Crippen LogP contribution in [0.5, 0.6) is 0 Å². The number of aromatic amines is 1. The Kier molecular flexibility index (Phi) is 6.35. The normalized spacial score (nSPS) is 17.1. The third-order valence-corrected chi connectivity index (χ3v) is 5.95. The molecular weight excluding hydrogens is 427 g/mol. The topological polar surface area (TPSA) is 73.9 Å². The van der Waals surface area contributed by atoms with E-state index in [1.807, 2.05) is 12.3 Å². The molecule has 4 rings (SSSR count). The van der Waals surface area contributed by atoms with Gasteiger partial charge in [-0.05, 0) is 54.8 Å². The predicted octanol–water partition coefficient (Wildman–Crippen LogP) is 4.86. The Balaban J connectivity index is 1.32. The second-order valence-electron chi connectivity index (χ2n) is 7.56. The first-order valence-electron chi connectivity index (χ1n) is 10.0. The quantitative estimate of drug-likeness (QED) is 0.502. The zero-order valence-electron chi connectivity index (χ0n) is 16.7. The molecule has 10 heteroatoms. The van der Waals surface area contributed by atoms with Gasteiger partial charge in [0.25, 0.3) is 0 Å². The summed E-state index contributed by atoms with van der Waals surface area (Å²) in [4.78, 5) is 26.6. The van der Waals surface area contributed by atoms with Crippen LogP contribution >= 0.6 is 11.8 Å². The molecular formula is C21H22F3N5OS. The minimum atomic E-state index is -4.34. The van der Waals surface area contributed by atoms with Crippen molar-refractivity contribution in [1.29, 1.82) is 0 Å². The van der Waals surface area contributed by atoms with Gasteiger partial charge < -0.3 is 15.2 Å². The Hall–Kier alpha value is -2.75. The summed E-state index contributed by atoms with van der Waals surface area (Å²) in [6.07, 6.45) is 5.72. The number of alkyl halides is 3. The van der Waals surface area contributed by atoms with Gasteiger partial charge in [-0.1, -0.05) is 6.07 Å². The van der Waals surface area contributed by atoms with Gasteiger partial charge in [0.2, 0.25) is 0 Å². The van der Waals surface area contributed by atoms with E-state index < -0.39 is 5.51 Å². The van der Waals surface area contributed by atoms with Crippen molar-refractivity contribution < 1.29 is 18.0 Å². The van der Waals surface area contributed by atoms with Crippen LogP contribution in [0.1, 0.15) is 19.3 Å². The fraction of sp³-hybridized carbons (Fsp3) is 0.381. The van der Waals surface area contributed by atoms with Crippen molar-refractivity contribution in [2.45, 2.75) is 29.7 Å². The molecule has 31 heavy (non-hydrogen) atoms. The maximum Gasteiger partial charge on any atom is 0.446 e. The summed E-state index contributed by atoms with van der Waals surface area (Å²) < 4.78 is 37.6. The van der Waals surface area contributed by atoms with E-state index in [0.29, 0.717) is 12.1 Å². The summed E-state index contributed by atoms with van der Waals surface area (Å²) >= 11 is -0.166. The molecule has 0 bridgehead atoms. The summed E-state index contributed by atoms with van der Waals surface area (Å²) in [5.41, 5.74) is -3.04. The SMILES string of the molecule is O=C(CNc1cccc(SC(F)(F)F)c1)CC1CCCN(c2ncnc3[nH]ccc23)C1. The first kappa shape index (κ1) is 21.5. The van der Waals surface area contributed by atoms with Gasteiger partial charge in [0.05, 0.1) is 11.9 Å². The van der Waals surface area contributed by atoms with Crippen LogP contribution in [-0.4, -0.2) is 45.9 Å². The maximum absolute atomic E-state index is 12.5. The second kappa shape index (κ2) is 9.17. The van der Waals surface area contributed by atoms with Crippen molar-refractivity contribution in [2.24, 2.45) is 5.92 Å². The van der Waals surface area contributed by atoms with Gasteiger partial charge >= 0.3 is 5.51 Å². The first-order valence-corrected chi connectivity index (χ1v) is 10.8. The third kappa shape index (κ3) is 5.69. The van der Waals surface area contributed by atoms with Gasteiger partial charge in [-0.2, -0.15) is 13.2 Å². The minimum Gasteiger partial charge on any atom is -0.378 e. The zero-order chi connectivity index (χ0) is 21.8. The lowest BCUT2D eigenvalue weighted by atomic mass is 9.92. The summed E-state index contributed by atoms with van der Waals surface area (Å²) in [5.74, 6) is 1.12. The molecule has 2 aromatic heterocycles. The van der Waals surface area contributed by atoms with Crippen molar-refractivity contribution in [3.05, 3.63) is 42.9 Å². The Labute approximate surface area is 181 Å². The average molecular weight is 450 g/mol. The number of hydrogen-bond donors (Lipinski definition) is 2. The largest absolute Gasteiger partial charge is 0.446 e. The summed E-state index contributed by atoms with van der Waals surface area (Å²) in [6, 6.07) is 7.96. The van der Waals surface area contributed by atoms with Gasteiger partial charge in [-0.15, -0.1) is 0 Å². The van der Waals surface area contributed by atoms with Crippen molar-refractivity contribution in [3.8, 4) is 0 Å². The van der Waals surface area contributed by atoms with Gasteiger partial charge in [-0.25, -0.2) is 9.97 Å². The molecule has 0 radical (unpaired) electrons. The van der Waals surface area contributed by atoms with Crippen LogP contribution in [0.2, 0.25) is 0 Å². The number of piperidine rings is 1. The van der Waals surface area contributed by atoms with Gasteiger partial charge in [-0.3, -0.25) is 4.79 Å². The minimum absolute atomic E-state index is 0.0372. The molecule has 3 heterocycles. The lowest BCUT2D eigenvalue weighted by Crippen LogP contribution is -2.37. The molecule has 6 nitrogen and oxygen atoms in total. The van der Waals surface area contributed by atoms with E-state index in [9.17, 15) is 18.0 Å². The Morgan fingerprint density at radius 2 is 2.16 bits per heavy atom. The van der Waals surface area contributed by atoms with Crippen LogP contribution < -0.4 is 10.2 Å². The number of rotatable bonds is 7. The van der Waals surface area contributed by atoms with E-state index in [1.54, 1.807) is 12.1 Å². The Morgan fingerprint density at radius 3 is 3.00 bits per heavy atom. The van der Waals surface area contributed by atoms with Crippen LogP contribution in [-0.2, 0) is 4.79 Å². The molecule has 2 N–H and O–H groups in total. The van der Waals surface area contributed by atoms with E-state index in [1.165, 1.54) is 18.5 Å². The fourth-order valence-corrected chi connectivity index (χ4v) is 4.53. The highest BCUT2D eigenvalue weighted by Crippen LogP contribution is 2.37. The number of carbonyl (C=O) groups is 1. The molecule has 1 aliphatic heterocycles. The number of ketones is 1. The number of carbonyl (C=O) groups excluding carboxylic acids is 1. The highest BCUT2D eigenvalue weighted by molar-refractivity contribution is 8.00. The number of anilines is 2. The zero-order valence-corrected chi connectivity index (χ0v) is 17.5. The van der Waals surface area contributed by atoms with Gasteiger partial charge in [0.15, 0.2) is 5.78 Å². The molecule has 1 unspecified atom stereocenters. The van der Waals surface area contributed by atoms with Crippen molar-refractivity contribution in [2.75, 3.05) is 29.9 Å². The molecule has 1 saturated heterocycles. The molecule has 0 saturated carbocycles. The van der Waals surface area contributed by atoms with Crippen LogP contribution in [0.15, 0.2) is 47.8 Å². The maximum atomic E-state index is 12.5. The number of halogens is 3. The summed E-state index contributed by atoms with van der Waals surface area (Å²) in [7, 11) is 0. The lowest BCUT2D eigenvalue weighted by Gasteiger charge is -2.33. The van der Waals surface area contributed by atoms with Gasteiger partial charge in [0.1, 0.15) is 17.8 Å².